The van der Waals surface area contributed by atoms with Crippen LogP contribution in [0, 0.1) is 0 Å². The topological polar surface area (TPSA) is 44.8 Å². The van der Waals surface area contributed by atoms with E-state index >= 15 is 0 Å². The maximum atomic E-state index is 12.7. The molecule has 0 N–H and O–H groups in total. The van der Waals surface area contributed by atoms with E-state index in [1.807, 2.05) is 66.7 Å². The van der Waals surface area contributed by atoms with Crippen molar-refractivity contribution in [1.29, 1.82) is 0 Å². The second kappa shape index (κ2) is 9.12. The fourth-order valence-corrected chi connectivity index (χ4v) is 3.81. The van der Waals surface area contributed by atoms with Crippen molar-refractivity contribution >= 4 is 17.6 Å². The second-order valence-corrected chi connectivity index (χ2v) is 7.34. The number of benzene rings is 3. The quantitative estimate of drug-likeness (QED) is 0.507. The number of hydrogen-bond acceptors (Lipinski definition) is 4. The lowest BCUT2D eigenvalue weighted by Gasteiger charge is -2.21. The Hall–Kier alpha value is -2.82. The summed E-state index contributed by atoms with van der Waals surface area (Å²) < 4.78 is 16.5. The van der Waals surface area contributed by atoms with E-state index in [0.717, 1.165) is 22.3 Å². The minimum absolute atomic E-state index is 0.0668. The number of carbonyl (C=O) groups is 1. The first-order valence-corrected chi connectivity index (χ1v) is 9.86. The highest BCUT2D eigenvalue weighted by Crippen LogP contribution is 2.33. The minimum Gasteiger partial charge on any atom is -0.467 e. The van der Waals surface area contributed by atoms with Crippen LogP contribution in [0.25, 0.3) is 0 Å². The van der Waals surface area contributed by atoms with Gasteiger partial charge in [0.1, 0.15) is 12.4 Å². The van der Waals surface area contributed by atoms with Crippen LogP contribution in [0.5, 0.6) is 5.75 Å². The number of carbonyl (C=O) groups excluding carboxylic acids is 1. The van der Waals surface area contributed by atoms with Gasteiger partial charge in [0.05, 0.1) is 13.0 Å². The normalized spacial score (nSPS) is 12.9. The summed E-state index contributed by atoms with van der Waals surface area (Å²) in [5.74, 6) is 0.349. The highest BCUT2D eigenvalue weighted by Gasteiger charge is 2.21. The van der Waals surface area contributed by atoms with Gasteiger partial charge < -0.3 is 14.2 Å². The van der Waals surface area contributed by atoms with Crippen molar-refractivity contribution in [2.24, 2.45) is 0 Å². The molecular formula is C24H21ClO4. The Morgan fingerprint density at radius 2 is 1.66 bits per heavy atom. The summed E-state index contributed by atoms with van der Waals surface area (Å²) in [6.45, 7) is 0.721. The molecule has 0 saturated heterocycles. The Bertz CT molecular complexity index is 933. The lowest BCUT2D eigenvalue weighted by molar-refractivity contribution is -0.145. The molecule has 0 aromatic heterocycles. The Morgan fingerprint density at radius 1 is 1.00 bits per heavy atom. The molecule has 29 heavy (non-hydrogen) atoms. The molecule has 3 aromatic carbocycles. The van der Waals surface area contributed by atoms with Crippen LogP contribution in [0.15, 0.2) is 72.8 Å². The van der Waals surface area contributed by atoms with Gasteiger partial charge in [-0.1, -0.05) is 72.3 Å². The molecule has 1 heterocycles. The zero-order valence-electron chi connectivity index (χ0n) is 15.8. The lowest BCUT2D eigenvalue weighted by atomic mass is 9.89. The minimum atomic E-state index is -0.275. The molecule has 3 aromatic rings. The van der Waals surface area contributed by atoms with Crippen LogP contribution in [0.4, 0.5) is 0 Å². The van der Waals surface area contributed by atoms with Crippen LogP contribution >= 0.6 is 11.6 Å². The van der Waals surface area contributed by atoms with Crippen molar-refractivity contribution in [3.63, 3.8) is 0 Å². The molecule has 0 aliphatic carbocycles. The van der Waals surface area contributed by atoms with Gasteiger partial charge in [-0.2, -0.15) is 0 Å². The Kier molecular flexibility index (Phi) is 6.13. The first kappa shape index (κ1) is 19.5. The van der Waals surface area contributed by atoms with Crippen molar-refractivity contribution in [3.05, 3.63) is 100 Å². The average Bonchev–Trinajstić information content (AvgIpc) is 2.77. The monoisotopic (exact) mass is 408 g/mol. The molecule has 0 bridgehead atoms. The van der Waals surface area contributed by atoms with E-state index in [-0.39, 0.29) is 31.7 Å². The average molecular weight is 409 g/mol. The number of esters is 1. The third-order valence-corrected chi connectivity index (χ3v) is 5.13. The van der Waals surface area contributed by atoms with Crippen LogP contribution < -0.4 is 4.74 Å². The molecule has 0 amide bonds. The van der Waals surface area contributed by atoms with Crippen molar-refractivity contribution in [1.82, 2.24) is 0 Å². The molecule has 0 saturated carbocycles. The van der Waals surface area contributed by atoms with Gasteiger partial charge in [-0.05, 0) is 23.3 Å². The predicted octanol–water partition coefficient (Wildman–Crippen LogP) is 5.47. The third kappa shape index (κ3) is 4.78. The van der Waals surface area contributed by atoms with Crippen LogP contribution in [0.3, 0.4) is 0 Å². The fourth-order valence-electron chi connectivity index (χ4n) is 3.55. The molecule has 0 unspecified atom stereocenters. The maximum absolute atomic E-state index is 12.7. The second-order valence-electron chi connectivity index (χ2n) is 6.90. The number of ether oxygens (including phenoxy) is 3. The van der Waals surface area contributed by atoms with E-state index in [0.29, 0.717) is 17.4 Å². The smallest absolute Gasteiger partial charge is 0.307 e. The molecule has 148 valence electrons. The van der Waals surface area contributed by atoms with Crippen LogP contribution in [0.1, 0.15) is 34.6 Å². The molecule has 0 atom stereocenters. The van der Waals surface area contributed by atoms with E-state index in [2.05, 4.69) is 0 Å². The summed E-state index contributed by atoms with van der Waals surface area (Å²) in [5, 5.41) is 0.565. The van der Waals surface area contributed by atoms with Gasteiger partial charge >= 0.3 is 5.97 Å². The highest BCUT2D eigenvalue weighted by atomic mass is 35.5. The van der Waals surface area contributed by atoms with Crippen molar-refractivity contribution in [3.8, 4) is 5.75 Å². The summed E-state index contributed by atoms with van der Waals surface area (Å²) >= 11 is 6.19. The first-order chi connectivity index (χ1) is 14.2. The lowest BCUT2D eigenvalue weighted by Crippen LogP contribution is -2.15. The summed E-state index contributed by atoms with van der Waals surface area (Å²) in [6.07, 6.45) is 0.251. The van der Waals surface area contributed by atoms with Crippen molar-refractivity contribution in [2.45, 2.75) is 25.6 Å². The molecule has 1 aliphatic rings. The summed E-state index contributed by atoms with van der Waals surface area (Å²) in [6, 6.07) is 23.6. The Balaban J connectivity index is 1.49. The van der Waals surface area contributed by atoms with Crippen LogP contribution in [0.2, 0.25) is 5.02 Å². The van der Waals surface area contributed by atoms with Gasteiger partial charge in [0.15, 0.2) is 6.79 Å². The highest BCUT2D eigenvalue weighted by molar-refractivity contribution is 6.30. The summed E-state index contributed by atoms with van der Waals surface area (Å²) in [7, 11) is 0. The predicted molar refractivity (Wildman–Crippen MR) is 111 cm³/mol. The third-order valence-electron chi connectivity index (χ3n) is 4.92. The van der Waals surface area contributed by atoms with E-state index in [9.17, 15) is 4.79 Å². The molecule has 0 spiro atoms. The van der Waals surface area contributed by atoms with E-state index in [4.69, 9.17) is 25.8 Å². The SMILES string of the molecule is O=C(CC(c1ccccc1)c1ccccc1)OCc1cc(Cl)cc2c1OCOC2. The maximum Gasteiger partial charge on any atom is 0.307 e. The van der Waals surface area contributed by atoms with Gasteiger partial charge in [-0.25, -0.2) is 0 Å². The number of rotatable bonds is 6. The zero-order chi connectivity index (χ0) is 20.1. The Labute approximate surface area is 175 Å². The molecule has 4 rings (SSSR count). The molecular weight excluding hydrogens is 388 g/mol. The molecule has 4 nitrogen and oxygen atoms in total. The van der Waals surface area contributed by atoms with Gasteiger partial charge in [-0.15, -0.1) is 0 Å². The summed E-state index contributed by atoms with van der Waals surface area (Å²) in [5.41, 5.74) is 3.77. The van der Waals surface area contributed by atoms with E-state index in [1.54, 1.807) is 6.07 Å². The number of hydrogen-bond donors (Lipinski definition) is 0. The molecule has 5 heteroatoms. The standard InChI is InChI=1S/C24H21ClO4/c25-21-11-19-14-27-16-29-24(19)20(12-21)15-28-23(26)13-22(17-7-3-1-4-8-17)18-9-5-2-6-10-18/h1-12,22H,13-16H2. The van der Waals surface area contributed by atoms with Crippen LogP contribution in [-0.4, -0.2) is 12.8 Å². The van der Waals surface area contributed by atoms with E-state index < -0.39 is 0 Å². The largest absolute Gasteiger partial charge is 0.467 e. The van der Waals surface area contributed by atoms with Gasteiger partial charge in [-0.3, -0.25) is 4.79 Å². The Morgan fingerprint density at radius 3 is 2.31 bits per heavy atom. The van der Waals surface area contributed by atoms with Gasteiger partial charge in [0, 0.05) is 22.1 Å². The van der Waals surface area contributed by atoms with Crippen LogP contribution in [-0.2, 0) is 27.5 Å². The molecule has 0 fully saturated rings. The zero-order valence-corrected chi connectivity index (χ0v) is 16.6. The number of fused-ring (bicyclic) bond motifs is 1. The first-order valence-electron chi connectivity index (χ1n) is 9.48. The van der Waals surface area contributed by atoms with Gasteiger partial charge in [0.2, 0.25) is 0 Å². The molecule has 0 radical (unpaired) electrons. The number of halogens is 1. The van der Waals surface area contributed by atoms with Gasteiger partial charge in [0.25, 0.3) is 0 Å². The summed E-state index contributed by atoms with van der Waals surface area (Å²) in [4.78, 5) is 12.7. The molecule has 1 aliphatic heterocycles. The fraction of sp³-hybridized carbons (Fsp3) is 0.208. The van der Waals surface area contributed by atoms with Crippen molar-refractivity contribution in [2.75, 3.05) is 6.79 Å². The van der Waals surface area contributed by atoms with Crippen molar-refractivity contribution < 1.29 is 19.0 Å². The van der Waals surface area contributed by atoms with E-state index in [1.165, 1.54) is 0 Å².